The van der Waals surface area contributed by atoms with Crippen molar-refractivity contribution in [1.29, 1.82) is 0 Å². The van der Waals surface area contributed by atoms with Gasteiger partial charge in [-0.3, -0.25) is 25.4 Å². The van der Waals surface area contributed by atoms with Crippen LogP contribution in [0.4, 0.5) is 0 Å². The Balaban J connectivity index is 4.77. The molecule has 0 radical (unpaired) electrons. The molecule has 8 heteroatoms. The maximum Gasteiger partial charge on any atom is 0.209 e. The molecular formula is C5H14N6O2. The highest BCUT2D eigenvalue weighted by Gasteiger charge is 2.41. The minimum atomic E-state index is -1.56. The van der Waals surface area contributed by atoms with E-state index in [1.165, 1.54) is 0 Å². The normalized spacial score (nSPS) is 20.0. The van der Waals surface area contributed by atoms with E-state index >= 15 is 0 Å². The van der Waals surface area contributed by atoms with Crippen LogP contribution < -0.4 is 23.3 Å². The van der Waals surface area contributed by atoms with E-state index < -0.39 is 18.1 Å². The Kier molecular flexibility index (Phi) is 4.62. The fourth-order valence-electron chi connectivity index (χ4n) is 0.716. The van der Waals surface area contributed by atoms with Gasteiger partial charge in [0, 0.05) is 0 Å². The highest BCUT2D eigenvalue weighted by atomic mass is 16.6. The second-order valence-corrected chi connectivity index (χ2v) is 2.27. The van der Waals surface area contributed by atoms with Crippen molar-refractivity contribution in [2.75, 3.05) is 0 Å². The van der Waals surface area contributed by atoms with Gasteiger partial charge in [0.1, 0.15) is 0 Å². The van der Waals surface area contributed by atoms with Crippen LogP contribution in [-0.4, -0.2) is 31.6 Å². The molecule has 0 saturated carbocycles. The van der Waals surface area contributed by atoms with Crippen LogP contribution in [0.5, 0.6) is 0 Å². The van der Waals surface area contributed by atoms with Crippen molar-refractivity contribution >= 4 is 13.4 Å². The molecule has 0 bridgehead atoms. The van der Waals surface area contributed by atoms with E-state index in [1.807, 2.05) is 0 Å². The monoisotopic (exact) mass is 190 g/mol. The lowest BCUT2D eigenvalue weighted by Crippen LogP contribution is -2.63. The summed E-state index contributed by atoms with van der Waals surface area (Å²) in [7, 11) is 0. The first kappa shape index (κ1) is 12.1. The van der Waals surface area contributed by atoms with Crippen LogP contribution in [0.15, 0.2) is 9.98 Å². The Morgan fingerprint density at radius 3 is 2.00 bits per heavy atom. The number of hydrogen-bond donors (Lipinski definition) is 4. The Labute approximate surface area is 75.5 Å². The van der Waals surface area contributed by atoms with Crippen LogP contribution >= 0.6 is 0 Å². The maximum atomic E-state index is 5.62. The molecule has 0 aromatic rings. The van der Waals surface area contributed by atoms with Gasteiger partial charge in [-0.05, 0) is 13.4 Å². The van der Waals surface area contributed by atoms with E-state index in [0.29, 0.717) is 0 Å². The third-order valence-electron chi connectivity index (χ3n) is 1.57. The summed E-state index contributed by atoms with van der Waals surface area (Å²) in [6.07, 6.45) is -2.23. The summed E-state index contributed by atoms with van der Waals surface area (Å²) in [5.74, 6) is 9.71. The molecule has 0 rings (SSSR count). The Bertz CT molecular complexity index is 188. The van der Waals surface area contributed by atoms with Gasteiger partial charge < -0.3 is 5.73 Å². The van der Waals surface area contributed by atoms with Crippen LogP contribution in [0.2, 0.25) is 0 Å². The van der Waals surface area contributed by atoms with E-state index in [0.717, 1.165) is 0 Å². The van der Waals surface area contributed by atoms with Gasteiger partial charge in [-0.25, -0.2) is 11.8 Å². The minimum Gasteiger partial charge on any atom is -0.301 e. The van der Waals surface area contributed by atoms with E-state index in [1.54, 1.807) is 0 Å². The fraction of sp³-hybridized carbons (Fsp3) is 0.600. The molecule has 0 amide bonds. The predicted molar refractivity (Wildman–Crippen MR) is 48.3 cm³/mol. The van der Waals surface area contributed by atoms with Crippen molar-refractivity contribution < 1.29 is 9.68 Å². The Hall–Kier alpha value is -0.900. The minimum absolute atomic E-state index is 1.08. The van der Waals surface area contributed by atoms with Crippen molar-refractivity contribution in [3.05, 3.63) is 0 Å². The van der Waals surface area contributed by atoms with Crippen LogP contribution in [0, 0.1) is 0 Å². The lowest BCUT2D eigenvalue weighted by Gasteiger charge is -2.32. The molecule has 8 N–H and O–H groups in total. The highest BCUT2D eigenvalue weighted by molar-refractivity contribution is 5.29. The average molecular weight is 190 g/mol. The van der Waals surface area contributed by atoms with Crippen molar-refractivity contribution in [3.8, 4) is 0 Å². The van der Waals surface area contributed by atoms with Crippen molar-refractivity contribution in [2.24, 2.45) is 33.2 Å². The zero-order valence-corrected chi connectivity index (χ0v) is 7.09. The maximum absolute atomic E-state index is 5.62. The smallest absolute Gasteiger partial charge is 0.209 e. The number of aliphatic imine (C=N–C) groups is 2. The molecule has 0 aliphatic rings. The van der Waals surface area contributed by atoms with Crippen molar-refractivity contribution in [3.63, 3.8) is 0 Å². The summed E-state index contributed by atoms with van der Waals surface area (Å²) in [6, 6.07) is 0. The first-order valence-electron chi connectivity index (χ1n) is 3.26. The van der Waals surface area contributed by atoms with E-state index in [-0.39, 0.29) is 0 Å². The van der Waals surface area contributed by atoms with Crippen LogP contribution in [-0.2, 0) is 9.68 Å². The van der Waals surface area contributed by atoms with Crippen molar-refractivity contribution in [2.45, 2.75) is 18.1 Å². The highest BCUT2D eigenvalue weighted by Crippen LogP contribution is 2.15. The second kappa shape index (κ2) is 4.97. The molecular weight excluding hydrogens is 176 g/mol. The topological polar surface area (TPSA) is 147 Å². The lowest BCUT2D eigenvalue weighted by atomic mass is 10.1. The van der Waals surface area contributed by atoms with Gasteiger partial charge >= 0.3 is 0 Å². The summed E-state index contributed by atoms with van der Waals surface area (Å²) in [5, 5.41) is 0. The van der Waals surface area contributed by atoms with Gasteiger partial charge in [-0.2, -0.15) is 0 Å². The van der Waals surface area contributed by atoms with Crippen LogP contribution in [0.25, 0.3) is 0 Å². The fourth-order valence-corrected chi connectivity index (χ4v) is 0.716. The molecule has 0 saturated heterocycles. The molecule has 76 valence electrons. The molecule has 13 heavy (non-hydrogen) atoms. The van der Waals surface area contributed by atoms with Gasteiger partial charge in [-0.15, -0.1) is 0 Å². The molecule has 0 fully saturated rings. The van der Waals surface area contributed by atoms with Gasteiger partial charge in [0.05, 0.1) is 0 Å². The SMILES string of the molecule is C=NC(ON)C(N)(N=C)C(N)ON. The molecule has 8 nitrogen and oxygen atoms in total. The van der Waals surface area contributed by atoms with E-state index in [2.05, 4.69) is 33.1 Å². The first-order valence-corrected chi connectivity index (χ1v) is 3.26. The second-order valence-electron chi connectivity index (χ2n) is 2.27. The summed E-state index contributed by atoms with van der Waals surface area (Å²) in [5.41, 5.74) is 9.44. The quantitative estimate of drug-likeness (QED) is 0.205. The molecule has 0 aromatic heterocycles. The molecule has 3 atom stereocenters. The molecule has 0 heterocycles. The molecule has 0 aliphatic heterocycles. The zero-order valence-electron chi connectivity index (χ0n) is 7.09. The first-order chi connectivity index (χ1) is 6.06. The van der Waals surface area contributed by atoms with Crippen LogP contribution in [0.1, 0.15) is 0 Å². The number of hydrogen-bond acceptors (Lipinski definition) is 8. The molecule has 3 unspecified atom stereocenters. The summed E-state index contributed by atoms with van der Waals surface area (Å²) < 4.78 is 0. The Morgan fingerprint density at radius 1 is 1.23 bits per heavy atom. The average Bonchev–Trinajstić information content (AvgIpc) is 2.17. The van der Waals surface area contributed by atoms with Gasteiger partial charge in [0.15, 0.2) is 11.9 Å². The number of rotatable bonds is 6. The number of nitrogens with two attached hydrogens (primary N) is 4. The van der Waals surface area contributed by atoms with Gasteiger partial charge in [0.25, 0.3) is 0 Å². The summed E-state index contributed by atoms with van der Waals surface area (Å²) >= 11 is 0. The van der Waals surface area contributed by atoms with Gasteiger partial charge in [0.2, 0.25) is 6.23 Å². The summed E-state index contributed by atoms with van der Waals surface area (Å²) in [4.78, 5) is 15.6. The Morgan fingerprint density at radius 2 is 1.77 bits per heavy atom. The predicted octanol–water partition coefficient (Wildman–Crippen LogP) is -2.57. The largest absolute Gasteiger partial charge is 0.301 e. The van der Waals surface area contributed by atoms with E-state index in [4.69, 9.17) is 23.3 Å². The number of nitrogens with zero attached hydrogens (tertiary/aromatic N) is 2. The van der Waals surface area contributed by atoms with Gasteiger partial charge in [-0.1, -0.05) is 0 Å². The molecule has 0 aromatic carbocycles. The van der Waals surface area contributed by atoms with Crippen molar-refractivity contribution in [1.82, 2.24) is 0 Å². The third kappa shape index (κ3) is 2.28. The molecule has 0 aliphatic carbocycles. The third-order valence-corrected chi connectivity index (χ3v) is 1.57. The van der Waals surface area contributed by atoms with Crippen LogP contribution in [0.3, 0.4) is 0 Å². The van der Waals surface area contributed by atoms with E-state index in [9.17, 15) is 0 Å². The molecule has 0 spiro atoms. The summed E-state index contributed by atoms with van der Waals surface area (Å²) in [6.45, 7) is 6.39. The lowest BCUT2D eigenvalue weighted by molar-refractivity contribution is -0.0742. The standard InChI is InChI=1S/C5H14N6O2/c1-10-4(13-9)5(7,11-2)3(6)12-8/h3-4H,1-2,6-9H2. The zero-order chi connectivity index (χ0) is 10.5.